The lowest BCUT2D eigenvalue weighted by molar-refractivity contribution is -0.152. The summed E-state index contributed by atoms with van der Waals surface area (Å²) in [4.78, 5) is 25.9. The molecule has 10 atom stereocenters. The van der Waals surface area contributed by atoms with Gasteiger partial charge >= 0.3 is 11.9 Å². The van der Waals surface area contributed by atoms with Crippen LogP contribution in [0, 0.1) is 17.8 Å². The summed E-state index contributed by atoms with van der Waals surface area (Å²) < 4.78 is 11.9. The molecule has 1 rings (SSSR count). The molecule has 9 heteroatoms. The summed E-state index contributed by atoms with van der Waals surface area (Å²) in [5.41, 5.74) is 4.84. The monoisotopic (exact) mass is 743 g/mol. The van der Waals surface area contributed by atoms with Gasteiger partial charge < -0.3 is 35.0 Å². The second kappa shape index (κ2) is 25.1. The molecule has 0 unspecified atom stereocenters. The first-order chi connectivity index (χ1) is 24.8. The van der Waals surface area contributed by atoms with Crippen molar-refractivity contribution in [2.75, 3.05) is 0 Å². The van der Waals surface area contributed by atoms with Gasteiger partial charge in [-0.3, -0.25) is 4.79 Å². The zero-order valence-corrected chi connectivity index (χ0v) is 34.0. The van der Waals surface area contributed by atoms with Crippen molar-refractivity contribution >= 4 is 11.9 Å². The third kappa shape index (κ3) is 21.4. The van der Waals surface area contributed by atoms with E-state index in [1.165, 1.54) is 6.08 Å². The van der Waals surface area contributed by atoms with E-state index in [1.54, 1.807) is 26.0 Å². The van der Waals surface area contributed by atoms with E-state index >= 15 is 0 Å². The van der Waals surface area contributed by atoms with Crippen molar-refractivity contribution < 1.29 is 44.6 Å². The van der Waals surface area contributed by atoms with Crippen LogP contribution in [0.25, 0.3) is 0 Å². The minimum Gasteiger partial charge on any atom is -0.462 e. The van der Waals surface area contributed by atoms with Crippen molar-refractivity contribution in [3.8, 4) is 0 Å². The Balaban J connectivity index is 2.86. The first kappa shape index (κ1) is 47.9. The van der Waals surface area contributed by atoms with Crippen molar-refractivity contribution in [1.82, 2.24) is 0 Å². The van der Waals surface area contributed by atoms with Crippen LogP contribution in [0.3, 0.4) is 0 Å². The van der Waals surface area contributed by atoms with Gasteiger partial charge in [-0.05, 0) is 92.4 Å². The molecule has 0 aromatic heterocycles. The van der Waals surface area contributed by atoms with Gasteiger partial charge in [-0.2, -0.15) is 0 Å². The second-order valence-electron chi connectivity index (χ2n) is 15.6. The molecule has 53 heavy (non-hydrogen) atoms. The number of aliphatic hydroxyl groups is 5. The Hall–Kier alpha value is -3.08. The van der Waals surface area contributed by atoms with Gasteiger partial charge in [0.05, 0.1) is 30.5 Å². The first-order valence-corrected chi connectivity index (χ1v) is 19.3. The molecule has 9 nitrogen and oxygen atoms in total. The van der Waals surface area contributed by atoms with Gasteiger partial charge in [0, 0.05) is 31.3 Å². The number of cyclic esters (lactones) is 1. The molecule has 0 saturated carbocycles. The van der Waals surface area contributed by atoms with Gasteiger partial charge in [-0.25, -0.2) is 4.79 Å². The van der Waals surface area contributed by atoms with Crippen molar-refractivity contribution in [1.29, 1.82) is 0 Å². The number of hydrogen-bond donors (Lipinski definition) is 5. The number of aliphatic hydroxyl groups excluding tert-OH is 5. The quantitative estimate of drug-likeness (QED) is 0.0440. The maximum atomic E-state index is 12.9. The number of rotatable bonds is 17. The van der Waals surface area contributed by atoms with E-state index in [0.717, 1.165) is 40.7 Å². The van der Waals surface area contributed by atoms with E-state index in [9.17, 15) is 35.1 Å². The van der Waals surface area contributed by atoms with Crippen molar-refractivity contribution in [3.05, 3.63) is 82.5 Å². The molecule has 1 aliphatic rings. The summed E-state index contributed by atoms with van der Waals surface area (Å²) in [6, 6.07) is 0. The maximum absolute atomic E-state index is 12.9. The largest absolute Gasteiger partial charge is 0.462 e. The highest BCUT2D eigenvalue weighted by molar-refractivity contribution is 5.82. The fraction of sp³-hybridized carbons (Fsp3) is 0.636. The highest BCUT2D eigenvalue weighted by atomic mass is 16.5. The normalized spacial score (nSPS) is 25.7. The van der Waals surface area contributed by atoms with Crippen LogP contribution in [0.4, 0.5) is 0 Å². The van der Waals surface area contributed by atoms with Crippen LogP contribution in [0.2, 0.25) is 0 Å². The lowest BCUT2D eigenvalue weighted by atomic mass is 9.89. The van der Waals surface area contributed by atoms with Crippen molar-refractivity contribution in [2.24, 2.45) is 17.8 Å². The van der Waals surface area contributed by atoms with Gasteiger partial charge in [0.2, 0.25) is 0 Å². The van der Waals surface area contributed by atoms with E-state index in [1.807, 2.05) is 65.0 Å². The van der Waals surface area contributed by atoms with Crippen LogP contribution in [0.5, 0.6) is 0 Å². The maximum Gasteiger partial charge on any atom is 0.331 e. The Morgan fingerprint density at radius 3 is 2.19 bits per heavy atom. The molecule has 5 N–H and O–H groups in total. The summed E-state index contributed by atoms with van der Waals surface area (Å²) in [7, 11) is 0. The number of hydrogen-bond acceptors (Lipinski definition) is 9. The average Bonchev–Trinajstić information content (AvgIpc) is 3.03. The van der Waals surface area contributed by atoms with Crippen LogP contribution in [0.1, 0.15) is 121 Å². The molecule has 0 aliphatic carbocycles. The number of ether oxygens (including phenoxy) is 2. The average molecular weight is 743 g/mol. The van der Waals surface area contributed by atoms with Crippen LogP contribution in [0.15, 0.2) is 82.5 Å². The van der Waals surface area contributed by atoms with Gasteiger partial charge in [0.25, 0.3) is 0 Å². The molecule has 0 amide bonds. The Bertz CT molecular complexity index is 1350. The van der Waals surface area contributed by atoms with Crippen LogP contribution in [-0.4, -0.2) is 80.2 Å². The molecule has 0 aromatic carbocycles. The molecule has 1 heterocycles. The van der Waals surface area contributed by atoms with Gasteiger partial charge in [-0.15, -0.1) is 0 Å². The fourth-order valence-electron chi connectivity index (χ4n) is 6.52. The highest BCUT2D eigenvalue weighted by Crippen LogP contribution is 2.27. The Morgan fingerprint density at radius 2 is 1.55 bits per heavy atom. The van der Waals surface area contributed by atoms with Crippen LogP contribution < -0.4 is 0 Å². The van der Waals surface area contributed by atoms with E-state index in [-0.39, 0.29) is 48.8 Å². The second-order valence-corrected chi connectivity index (χ2v) is 15.6. The third-order valence-electron chi connectivity index (χ3n) is 9.48. The molecule has 0 aromatic rings. The summed E-state index contributed by atoms with van der Waals surface area (Å²) in [5, 5.41) is 49.4. The van der Waals surface area contributed by atoms with Gasteiger partial charge in [-0.1, -0.05) is 97.2 Å². The Labute approximate surface area is 319 Å². The summed E-state index contributed by atoms with van der Waals surface area (Å²) in [6.45, 7) is 19.1. The van der Waals surface area contributed by atoms with E-state index < -0.39 is 36.5 Å². The summed E-state index contributed by atoms with van der Waals surface area (Å²) in [6.07, 6.45) is 15.5. The Morgan fingerprint density at radius 1 is 0.906 bits per heavy atom. The van der Waals surface area contributed by atoms with Gasteiger partial charge in [0.1, 0.15) is 12.2 Å². The smallest absolute Gasteiger partial charge is 0.331 e. The zero-order valence-electron chi connectivity index (χ0n) is 34.0. The zero-order chi connectivity index (χ0) is 40.2. The predicted molar refractivity (Wildman–Crippen MR) is 213 cm³/mol. The minimum atomic E-state index is -1.07. The van der Waals surface area contributed by atoms with Crippen LogP contribution in [-0.2, 0) is 19.1 Å². The Kier molecular flexibility index (Phi) is 22.7. The summed E-state index contributed by atoms with van der Waals surface area (Å²) >= 11 is 0. The SMILES string of the molecule is CC(=C/C(C)=C/C=C/C(C)=C/[C@H](O)[C@@H](O)C[C@H](C)O)/C=C/C(=O)O[C@H]1CCCC(=O)O[C@@H]([C@@H](C)C/C(C)=C/[C@@H](C)[C@H](O)C[C@@H](C)O)C/C=C(/C)C[C@H]1C. The van der Waals surface area contributed by atoms with E-state index in [2.05, 4.69) is 26.8 Å². The topological polar surface area (TPSA) is 154 Å². The van der Waals surface area contributed by atoms with Crippen LogP contribution >= 0.6 is 0 Å². The molecule has 1 aliphatic heterocycles. The highest BCUT2D eigenvalue weighted by Gasteiger charge is 2.26. The van der Waals surface area contributed by atoms with Crippen molar-refractivity contribution in [3.63, 3.8) is 0 Å². The fourth-order valence-corrected chi connectivity index (χ4v) is 6.52. The summed E-state index contributed by atoms with van der Waals surface area (Å²) in [5.74, 6) is -0.659. The van der Waals surface area contributed by atoms with E-state index in [0.29, 0.717) is 25.7 Å². The first-order valence-electron chi connectivity index (χ1n) is 19.3. The van der Waals surface area contributed by atoms with Gasteiger partial charge in [0.15, 0.2) is 0 Å². The number of esters is 2. The molecular weight excluding hydrogens is 672 g/mol. The minimum absolute atomic E-state index is 0.0587. The molecule has 300 valence electrons. The lowest BCUT2D eigenvalue weighted by Gasteiger charge is -2.27. The van der Waals surface area contributed by atoms with Crippen molar-refractivity contribution in [2.45, 2.75) is 163 Å². The molecular formula is C44H70O9. The number of carbonyl (C=O) groups is 2. The molecule has 0 radical (unpaired) electrons. The predicted octanol–water partition coefficient (Wildman–Crippen LogP) is 7.54. The standard InChI is InChI=1S/C44H70O9/c1-28(13-11-14-29(2)25-39(48)40(49)27-37(10)46)21-30(3)18-20-44(51)52-41-15-12-16-43(50)53-42(19-17-31(4)22-34(41)7)35(8)24-32(5)23-33(6)38(47)26-36(9)45/h11,13-14,17-18,20-21,23,25,33-42,45-49H,12,15-16,19,22,24,26-27H2,1-10H3/b14-11+,20-18+,28-13+,29-25+,30-21-,31-17-,32-23+/t33-,34-,35+,36-,37+,38-,39+,40+,41+,42-/m1/s1. The molecule has 0 spiro atoms. The third-order valence-corrected chi connectivity index (χ3v) is 9.48. The van der Waals surface area contributed by atoms with E-state index in [4.69, 9.17) is 9.47 Å². The molecule has 0 saturated heterocycles. The molecule has 0 bridgehead atoms. The number of allylic oxidation sites excluding steroid dienone is 10. The number of carbonyl (C=O) groups excluding carboxylic acids is 2. The molecule has 0 fully saturated rings. The lowest BCUT2D eigenvalue weighted by Crippen LogP contribution is -2.28.